The first kappa shape index (κ1) is 9.27. The second-order valence-corrected chi connectivity index (χ2v) is 3.87. The van der Waals surface area contributed by atoms with E-state index < -0.39 is 0 Å². The molecule has 1 aromatic heterocycles. The minimum absolute atomic E-state index is 0.691. The zero-order valence-corrected chi connectivity index (χ0v) is 8.85. The van der Waals surface area contributed by atoms with Crippen molar-refractivity contribution in [2.45, 2.75) is 12.8 Å². The molecule has 0 aliphatic carbocycles. The molecular formula is C12H12N4. The van der Waals surface area contributed by atoms with E-state index in [0.717, 1.165) is 18.5 Å². The summed E-state index contributed by atoms with van der Waals surface area (Å²) in [5.74, 6) is 0.691. The van der Waals surface area contributed by atoms with Crippen LogP contribution in [0.5, 0.6) is 0 Å². The quantitative estimate of drug-likeness (QED) is 0.784. The zero-order valence-electron chi connectivity index (χ0n) is 8.85. The highest BCUT2D eigenvalue weighted by molar-refractivity contribution is 5.64. The van der Waals surface area contributed by atoms with E-state index in [1.54, 1.807) is 12.4 Å². The summed E-state index contributed by atoms with van der Waals surface area (Å²) in [6.45, 7) is 1.07. The van der Waals surface area contributed by atoms with E-state index in [9.17, 15) is 0 Å². The summed E-state index contributed by atoms with van der Waals surface area (Å²) in [7, 11) is 0. The second kappa shape index (κ2) is 3.89. The van der Waals surface area contributed by atoms with Gasteiger partial charge in [-0.3, -0.25) is 0 Å². The topological polar surface area (TPSA) is 50.7 Å². The van der Waals surface area contributed by atoms with E-state index in [4.69, 9.17) is 0 Å². The molecule has 16 heavy (non-hydrogen) atoms. The van der Waals surface area contributed by atoms with Gasteiger partial charge >= 0.3 is 0 Å². The third-order valence-electron chi connectivity index (χ3n) is 2.78. The van der Waals surface area contributed by atoms with Gasteiger partial charge in [0.05, 0.1) is 6.20 Å². The van der Waals surface area contributed by atoms with E-state index in [1.165, 1.54) is 17.7 Å². The molecule has 2 aromatic rings. The number of nitrogens with one attached hydrogen (secondary N) is 1. The van der Waals surface area contributed by atoms with Crippen molar-refractivity contribution in [2.24, 2.45) is 0 Å². The third kappa shape index (κ3) is 1.62. The van der Waals surface area contributed by atoms with Gasteiger partial charge in [0.1, 0.15) is 0 Å². The highest BCUT2D eigenvalue weighted by Crippen LogP contribution is 2.26. The van der Waals surface area contributed by atoms with Gasteiger partial charge in [0.2, 0.25) is 0 Å². The lowest BCUT2D eigenvalue weighted by molar-refractivity contribution is 0.830. The van der Waals surface area contributed by atoms with Gasteiger partial charge in [-0.25, -0.2) is 4.98 Å². The van der Waals surface area contributed by atoms with Crippen molar-refractivity contribution in [2.75, 3.05) is 11.9 Å². The van der Waals surface area contributed by atoms with Crippen LogP contribution in [0.2, 0.25) is 0 Å². The highest BCUT2D eigenvalue weighted by Gasteiger charge is 2.10. The first-order valence-corrected chi connectivity index (χ1v) is 5.44. The summed E-state index contributed by atoms with van der Waals surface area (Å²) in [5, 5.41) is 11.2. The molecule has 0 spiro atoms. The molecule has 1 N–H and O–H groups in total. The maximum atomic E-state index is 4.20. The largest absolute Gasteiger partial charge is 0.385 e. The summed E-state index contributed by atoms with van der Waals surface area (Å²) in [6, 6.07) is 6.28. The van der Waals surface area contributed by atoms with Crippen LogP contribution in [0.3, 0.4) is 0 Å². The monoisotopic (exact) mass is 212 g/mol. The molecule has 4 heteroatoms. The molecule has 0 amide bonds. The minimum Gasteiger partial charge on any atom is -0.385 e. The molecule has 0 unspecified atom stereocenters. The van der Waals surface area contributed by atoms with E-state index in [2.05, 4.69) is 32.6 Å². The number of aromatic nitrogens is 3. The Morgan fingerprint density at radius 1 is 1.19 bits per heavy atom. The van der Waals surface area contributed by atoms with Crippen LogP contribution in [0.4, 0.5) is 5.69 Å². The van der Waals surface area contributed by atoms with Crippen LogP contribution >= 0.6 is 0 Å². The Labute approximate surface area is 93.8 Å². The lowest BCUT2D eigenvalue weighted by atomic mass is 10.0. The van der Waals surface area contributed by atoms with Crippen LogP contribution in [0, 0.1) is 0 Å². The summed E-state index contributed by atoms with van der Waals surface area (Å²) in [5.41, 5.74) is 3.62. The van der Waals surface area contributed by atoms with Gasteiger partial charge in [0.25, 0.3) is 0 Å². The first-order chi connectivity index (χ1) is 7.93. The van der Waals surface area contributed by atoms with Crippen LogP contribution in [-0.2, 0) is 6.42 Å². The van der Waals surface area contributed by atoms with Gasteiger partial charge in [-0.05, 0) is 36.6 Å². The van der Waals surface area contributed by atoms with Crippen LogP contribution in [0.25, 0.3) is 11.4 Å². The Kier molecular flexibility index (Phi) is 2.25. The van der Waals surface area contributed by atoms with Crippen molar-refractivity contribution in [3.63, 3.8) is 0 Å². The van der Waals surface area contributed by atoms with Crippen LogP contribution in [0.15, 0.2) is 30.6 Å². The summed E-state index contributed by atoms with van der Waals surface area (Å²) in [4.78, 5) is 4.20. The fourth-order valence-corrected chi connectivity index (χ4v) is 1.99. The van der Waals surface area contributed by atoms with Crippen molar-refractivity contribution < 1.29 is 0 Å². The van der Waals surface area contributed by atoms with Crippen molar-refractivity contribution >= 4 is 5.69 Å². The Hall–Kier alpha value is -1.97. The Morgan fingerprint density at radius 2 is 2.19 bits per heavy atom. The first-order valence-electron chi connectivity index (χ1n) is 5.44. The normalized spacial score (nSPS) is 14.0. The molecule has 0 saturated heterocycles. The van der Waals surface area contributed by atoms with E-state index in [1.807, 2.05) is 6.07 Å². The second-order valence-electron chi connectivity index (χ2n) is 3.87. The lowest BCUT2D eigenvalue weighted by Crippen LogP contribution is -2.11. The molecule has 1 aliphatic rings. The third-order valence-corrected chi connectivity index (χ3v) is 2.78. The molecule has 2 heterocycles. The van der Waals surface area contributed by atoms with E-state index >= 15 is 0 Å². The van der Waals surface area contributed by atoms with Crippen LogP contribution in [-0.4, -0.2) is 21.7 Å². The van der Waals surface area contributed by atoms with E-state index in [-0.39, 0.29) is 0 Å². The number of hydrogen-bond acceptors (Lipinski definition) is 4. The van der Waals surface area contributed by atoms with E-state index in [0.29, 0.717) is 5.82 Å². The Morgan fingerprint density at radius 3 is 3.06 bits per heavy atom. The summed E-state index contributed by atoms with van der Waals surface area (Å²) in [6.07, 6.45) is 5.56. The molecule has 0 bridgehead atoms. The predicted molar refractivity (Wildman–Crippen MR) is 62.1 cm³/mol. The van der Waals surface area contributed by atoms with Gasteiger partial charge in [-0.15, -0.1) is 5.10 Å². The number of hydrogen-bond donors (Lipinski definition) is 1. The van der Waals surface area contributed by atoms with Gasteiger partial charge in [0, 0.05) is 24.0 Å². The number of aryl methyl sites for hydroxylation is 1. The molecule has 0 radical (unpaired) electrons. The fraction of sp³-hybridized carbons (Fsp3) is 0.250. The smallest absolute Gasteiger partial charge is 0.181 e. The number of fused-ring (bicyclic) bond motifs is 1. The maximum Gasteiger partial charge on any atom is 0.181 e. The molecule has 1 aliphatic heterocycles. The zero-order chi connectivity index (χ0) is 10.8. The fourth-order valence-electron chi connectivity index (χ4n) is 1.99. The number of nitrogens with zero attached hydrogens (tertiary/aromatic N) is 3. The Balaban J connectivity index is 2.03. The highest BCUT2D eigenvalue weighted by atomic mass is 15.1. The molecule has 1 aromatic carbocycles. The average molecular weight is 212 g/mol. The molecule has 4 nitrogen and oxygen atoms in total. The summed E-state index contributed by atoms with van der Waals surface area (Å²) >= 11 is 0. The van der Waals surface area contributed by atoms with Gasteiger partial charge in [-0.2, -0.15) is 5.10 Å². The predicted octanol–water partition coefficient (Wildman–Crippen LogP) is 1.90. The number of benzene rings is 1. The van der Waals surface area contributed by atoms with Crippen molar-refractivity contribution in [1.82, 2.24) is 15.2 Å². The lowest BCUT2D eigenvalue weighted by Gasteiger charge is -2.18. The molecule has 3 rings (SSSR count). The molecule has 0 atom stereocenters. The van der Waals surface area contributed by atoms with Crippen molar-refractivity contribution in [3.8, 4) is 11.4 Å². The SMILES string of the molecule is c1cnc(-c2ccc3c(c2)CCCN3)nn1. The van der Waals surface area contributed by atoms with Crippen LogP contribution < -0.4 is 5.32 Å². The van der Waals surface area contributed by atoms with Crippen LogP contribution in [0.1, 0.15) is 12.0 Å². The number of rotatable bonds is 1. The number of anilines is 1. The average Bonchev–Trinajstić information content (AvgIpc) is 2.39. The van der Waals surface area contributed by atoms with Gasteiger partial charge in [0.15, 0.2) is 5.82 Å². The molecule has 80 valence electrons. The van der Waals surface area contributed by atoms with Crippen molar-refractivity contribution in [1.29, 1.82) is 0 Å². The summed E-state index contributed by atoms with van der Waals surface area (Å²) < 4.78 is 0. The molecule has 0 fully saturated rings. The van der Waals surface area contributed by atoms with Gasteiger partial charge < -0.3 is 5.32 Å². The van der Waals surface area contributed by atoms with Crippen molar-refractivity contribution in [3.05, 3.63) is 36.2 Å². The maximum absolute atomic E-state index is 4.20. The Bertz CT molecular complexity index is 496. The standard InChI is InChI=1S/C12H12N4/c1-2-9-8-10(3-4-11(9)13-5-1)12-14-6-7-15-16-12/h3-4,6-8,13H,1-2,5H2. The molecule has 0 saturated carbocycles. The minimum atomic E-state index is 0.691. The van der Waals surface area contributed by atoms with Gasteiger partial charge in [-0.1, -0.05) is 0 Å². The molecular weight excluding hydrogens is 200 g/mol.